The van der Waals surface area contributed by atoms with Crippen LogP contribution in [0.3, 0.4) is 0 Å². The Kier molecular flexibility index (Phi) is 4.69. The summed E-state index contributed by atoms with van der Waals surface area (Å²) in [6.07, 6.45) is 6.11. The Bertz CT molecular complexity index is 527. The molecule has 1 N–H and O–H groups in total. The highest BCUT2D eigenvalue weighted by Crippen LogP contribution is 2.35. The minimum absolute atomic E-state index is 0.0930. The normalized spacial score (nSPS) is 32.1. The predicted molar refractivity (Wildman–Crippen MR) is 91.3 cm³/mol. The van der Waals surface area contributed by atoms with E-state index in [0.717, 1.165) is 45.5 Å². The standard InChI is InChI=1S/C18H26N2O2S/c21-18(19-14-3-1-2-4-14)16-10-20(9-13-6-8-23-12-13)11-17-15(16)5-7-22-17/h6,8,12,14-17H,1-5,7,9-11H2,(H,19,21)/t15-,16-,17+/m0/s1. The maximum Gasteiger partial charge on any atom is 0.225 e. The molecule has 1 aliphatic carbocycles. The lowest BCUT2D eigenvalue weighted by Gasteiger charge is -2.39. The Balaban J connectivity index is 1.43. The van der Waals surface area contributed by atoms with Crippen LogP contribution in [0.1, 0.15) is 37.7 Å². The van der Waals surface area contributed by atoms with Crippen molar-refractivity contribution < 1.29 is 9.53 Å². The van der Waals surface area contributed by atoms with Gasteiger partial charge in [0.25, 0.3) is 0 Å². The minimum atomic E-state index is 0.0930. The van der Waals surface area contributed by atoms with E-state index in [2.05, 4.69) is 27.0 Å². The van der Waals surface area contributed by atoms with Crippen molar-refractivity contribution in [1.29, 1.82) is 0 Å². The molecule has 3 atom stereocenters. The number of hydrogen-bond donors (Lipinski definition) is 1. The van der Waals surface area contributed by atoms with Crippen molar-refractivity contribution in [2.24, 2.45) is 11.8 Å². The zero-order valence-corrected chi connectivity index (χ0v) is 14.4. The summed E-state index contributed by atoms with van der Waals surface area (Å²) in [5.74, 6) is 0.776. The lowest BCUT2D eigenvalue weighted by atomic mass is 9.82. The number of fused-ring (bicyclic) bond motifs is 1. The summed E-state index contributed by atoms with van der Waals surface area (Å²) in [5.41, 5.74) is 1.35. The molecule has 23 heavy (non-hydrogen) atoms. The highest BCUT2D eigenvalue weighted by Gasteiger charge is 2.44. The van der Waals surface area contributed by atoms with Crippen molar-refractivity contribution in [3.63, 3.8) is 0 Å². The second-order valence-corrected chi connectivity index (χ2v) is 8.06. The summed E-state index contributed by atoms with van der Waals surface area (Å²) in [4.78, 5) is 15.3. The first-order valence-electron chi connectivity index (χ1n) is 8.95. The fraction of sp³-hybridized carbons (Fsp3) is 0.722. The molecular weight excluding hydrogens is 308 g/mol. The number of carbonyl (C=O) groups excluding carboxylic acids is 1. The average molecular weight is 334 g/mol. The van der Waals surface area contributed by atoms with Gasteiger partial charge in [0.2, 0.25) is 5.91 Å². The Morgan fingerprint density at radius 1 is 1.30 bits per heavy atom. The number of amides is 1. The molecule has 4 rings (SSSR count). The first-order valence-corrected chi connectivity index (χ1v) is 9.89. The number of likely N-dealkylation sites (tertiary alicyclic amines) is 1. The van der Waals surface area contributed by atoms with Crippen LogP contribution in [-0.4, -0.2) is 42.6 Å². The third-order valence-electron chi connectivity index (χ3n) is 5.70. The quantitative estimate of drug-likeness (QED) is 0.920. The molecule has 3 heterocycles. The van der Waals surface area contributed by atoms with Gasteiger partial charge in [-0.3, -0.25) is 9.69 Å². The zero-order valence-electron chi connectivity index (χ0n) is 13.6. The van der Waals surface area contributed by atoms with Crippen LogP contribution in [0.15, 0.2) is 16.8 Å². The summed E-state index contributed by atoms with van der Waals surface area (Å²) in [6, 6.07) is 2.59. The monoisotopic (exact) mass is 334 g/mol. The van der Waals surface area contributed by atoms with E-state index in [-0.39, 0.29) is 17.9 Å². The maximum absolute atomic E-state index is 12.9. The molecule has 0 unspecified atom stereocenters. The molecule has 4 nitrogen and oxygen atoms in total. The molecule has 0 spiro atoms. The van der Waals surface area contributed by atoms with Gasteiger partial charge in [0.1, 0.15) is 0 Å². The van der Waals surface area contributed by atoms with Crippen molar-refractivity contribution in [1.82, 2.24) is 10.2 Å². The number of piperidine rings is 1. The highest BCUT2D eigenvalue weighted by molar-refractivity contribution is 7.07. The van der Waals surface area contributed by atoms with Gasteiger partial charge in [-0.2, -0.15) is 11.3 Å². The van der Waals surface area contributed by atoms with E-state index >= 15 is 0 Å². The summed E-state index contributed by atoms with van der Waals surface area (Å²) < 4.78 is 5.94. The molecule has 2 aliphatic heterocycles. The number of nitrogens with one attached hydrogen (secondary N) is 1. The average Bonchev–Trinajstić information content (AvgIpc) is 3.28. The SMILES string of the molecule is O=C(NC1CCCC1)[C@H]1CN(Cc2ccsc2)C[C@H]2OCC[C@@H]12. The third-order valence-corrected chi connectivity index (χ3v) is 6.43. The number of ether oxygens (including phenoxy) is 1. The minimum Gasteiger partial charge on any atom is -0.377 e. The van der Waals surface area contributed by atoms with E-state index in [1.807, 2.05) is 0 Å². The van der Waals surface area contributed by atoms with E-state index in [1.165, 1.54) is 18.4 Å². The second-order valence-electron chi connectivity index (χ2n) is 7.28. The van der Waals surface area contributed by atoms with Crippen molar-refractivity contribution in [2.45, 2.75) is 50.8 Å². The molecular formula is C18H26N2O2S. The fourth-order valence-corrected chi connectivity index (χ4v) is 5.14. The Morgan fingerprint density at radius 2 is 2.17 bits per heavy atom. The number of nitrogens with zero attached hydrogens (tertiary/aromatic N) is 1. The fourth-order valence-electron chi connectivity index (χ4n) is 4.48. The number of hydrogen-bond acceptors (Lipinski definition) is 4. The van der Waals surface area contributed by atoms with E-state index in [9.17, 15) is 4.79 Å². The molecule has 1 saturated carbocycles. The lowest BCUT2D eigenvalue weighted by molar-refractivity contribution is -0.132. The second kappa shape index (κ2) is 6.91. The Hall–Kier alpha value is -0.910. The van der Waals surface area contributed by atoms with Gasteiger partial charge < -0.3 is 10.1 Å². The highest BCUT2D eigenvalue weighted by atomic mass is 32.1. The van der Waals surface area contributed by atoms with Crippen molar-refractivity contribution in [3.05, 3.63) is 22.4 Å². The molecule has 3 fully saturated rings. The van der Waals surface area contributed by atoms with Crippen molar-refractivity contribution >= 4 is 17.2 Å². The van der Waals surface area contributed by atoms with Crippen molar-refractivity contribution in [3.8, 4) is 0 Å². The van der Waals surface area contributed by atoms with Gasteiger partial charge in [-0.1, -0.05) is 12.8 Å². The molecule has 126 valence electrons. The zero-order chi connectivity index (χ0) is 15.6. The van der Waals surface area contributed by atoms with E-state index < -0.39 is 0 Å². The van der Waals surface area contributed by atoms with Gasteiger partial charge in [0.05, 0.1) is 12.0 Å². The summed E-state index contributed by atoms with van der Waals surface area (Å²) in [7, 11) is 0. The molecule has 1 aromatic heterocycles. The molecule has 1 amide bonds. The predicted octanol–water partition coefficient (Wildman–Crippen LogP) is 2.64. The van der Waals surface area contributed by atoms with Crippen LogP contribution < -0.4 is 5.32 Å². The van der Waals surface area contributed by atoms with Gasteiger partial charge in [-0.15, -0.1) is 0 Å². The van der Waals surface area contributed by atoms with E-state index in [1.54, 1.807) is 11.3 Å². The molecule has 3 aliphatic rings. The Morgan fingerprint density at radius 3 is 2.96 bits per heavy atom. The smallest absolute Gasteiger partial charge is 0.225 e. The number of thiophene rings is 1. The summed E-state index contributed by atoms with van der Waals surface area (Å²) in [5, 5.41) is 7.65. The summed E-state index contributed by atoms with van der Waals surface area (Å²) >= 11 is 1.74. The summed E-state index contributed by atoms with van der Waals surface area (Å²) in [6.45, 7) is 3.59. The van der Waals surface area contributed by atoms with Crippen molar-refractivity contribution in [2.75, 3.05) is 19.7 Å². The molecule has 2 saturated heterocycles. The lowest BCUT2D eigenvalue weighted by Crippen LogP contribution is -2.53. The van der Waals surface area contributed by atoms with Gasteiger partial charge >= 0.3 is 0 Å². The molecule has 0 radical (unpaired) electrons. The van der Waals surface area contributed by atoms with E-state index in [4.69, 9.17) is 4.74 Å². The maximum atomic E-state index is 12.9. The third kappa shape index (κ3) is 3.47. The Labute approximate surface area is 142 Å². The van der Waals surface area contributed by atoms with Gasteiger partial charge in [0, 0.05) is 38.2 Å². The first-order chi connectivity index (χ1) is 11.3. The topological polar surface area (TPSA) is 41.6 Å². The van der Waals surface area contributed by atoms with Crippen LogP contribution in [0.4, 0.5) is 0 Å². The van der Waals surface area contributed by atoms with Crippen LogP contribution in [-0.2, 0) is 16.1 Å². The van der Waals surface area contributed by atoms with Crippen LogP contribution in [0.25, 0.3) is 0 Å². The molecule has 5 heteroatoms. The largest absolute Gasteiger partial charge is 0.377 e. The molecule has 0 aromatic carbocycles. The number of rotatable bonds is 4. The van der Waals surface area contributed by atoms with Gasteiger partial charge in [0.15, 0.2) is 0 Å². The first kappa shape index (κ1) is 15.6. The van der Waals surface area contributed by atoms with Gasteiger partial charge in [-0.05, 0) is 41.7 Å². The van der Waals surface area contributed by atoms with Crippen LogP contribution in [0, 0.1) is 11.8 Å². The van der Waals surface area contributed by atoms with Crippen LogP contribution >= 0.6 is 11.3 Å². The number of carbonyl (C=O) groups is 1. The van der Waals surface area contributed by atoms with Crippen LogP contribution in [0.2, 0.25) is 0 Å². The molecule has 0 bridgehead atoms. The van der Waals surface area contributed by atoms with Gasteiger partial charge in [-0.25, -0.2) is 0 Å². The van der Waals surface area contributed by atoms with E-state index in [0.29, 0.717) is 12.0 Å². The molecule has 1 aromatic rings. The van der Waals surface area contributed by atoms with Crippen LogP contribution in [0.5, 0.6) is 0 Å².